The number of carbonyl (C=O) groups excluding carboxylic acids is 2. The van der Waals surface area contributed by atoms with Crippen molar-refractivity contribution in [2.45, 2.75) is 66.5 Å². The van der Waals surface area contributed by atoms with Crippen molar-refractivity contribution in [3.8, 4) is 35.8 Å². The lowest BCUT2D eigenvalue weighted by Gasteiger charge is -2.31. The smallest absolute Gasteiger partial charge is 0.229 e. The van der Waals surface area contributed by atoms with Crippen molar-refractivity contribution in [2.24, 2.45) is 10.8 Å². The van der Waals surface area contributed by atoms with Crippen LogP contribution >= 0.6 is 0 Å². The first-order valence-corrected chi connectivity index (χ1v) is 14.4. The number of nitrogens with zero attached hydrogens (tertiary/aromatic N) is 8. The van der Waals surface area contributed by atoms with Crippen molar-refractivity contribution in [2.75, 3.05) is 26.3 Å². The standard InChI is InChI=1S/2C16H18N4O2/c2*1-3-16(2,4-5-17)15(21)20-6-7-22-14-12(8-18)9-19-10-13(14)11-20/h2*9-10H,3-4,6-7,11H2,1-2H3/t2*16-/m10/s1. The summed E-state index contributed by atoms with van der Waals surface area (Å²) in [5, 5.41) is 36.2. The number of carbonyl (C=O) groups is 2. The van der Waals surface area contributed by atoms with Gasteiger partial charge in [-0.15, -0.1) is 0 Å². The quantitative estimate of drug-likeness (QED) is 0.473. The van der Waals surface area contributed by atoms with Gasteiger partial charge in [-0.1, -0.05) is 13.8 Å². The summed E-state index contributed by atoms with van der Waals surface area (Å²) in [5.74, 6) is 0.892. The van der Waals surface area contributed by atoms with Gasteiger partial charge >= 0.3 is 0 Å². The Bertz CT molecular complexity index is 1430. The summed E-state index contributed by atoms with van der Waals surface area (Å²) in [6, 6.07) is 8.31. The van der Waals surface area contributed by atoms with Crippen molar-refractivity contribution in [3.63, 3.8) is 0 Å². The summed E-state index contributed by atoms with van der Waals surface area (Å²) in [6.07, 6.45) is 7.72. The summed E-state index contributed by atoms with van der Waals surface area (Å²) < 4.78 is 11.3. The van der Waals surface area contributed by atoms with Crippen LogP contribution in [0, 0.1) is 56.2 Å². The van der Waals surface area contributed by atoms with E-state index in [1.54, 1.807) is 22.2 Å². The molecule has 2 atom stereocenters. The molecule has 2 amide bonds. The zero-order chi connectivity index (χ0) is 32.3. The van der Waals surface area contributed by atoms with E-state index >= 15 is 0 Å². The van der Waals surface area contributed by atoms with Crippen LogP contribution in [0.25, 0.3) is 0 Å². The molecule has 228 valence electrons. The molecule has 44 heavy (non-hydrogen) atoms. The van der Waals surface area contributed by atoms with Gasteiger partial charge in [-0.05, 0) is 26.7 Å². The molecule has 2 aromatic rings. The van der Waals surface area contributed by atoms with E-state index in [1.807, 2.05) is 27.7 Å². The molecule has 2 aliphatic rings. The lowest BCUT2D eigenvalue weighted by atomic mass is 9.83. The first-order chi connectivity index (χ1) is 21.1. The normalized spacial score (nSPS) is 16.3. The predicted molar refractivity (Wildman–Crippen MR) is 157 cm³/mol. The van der Waals surface area contributed by atoms with Gasteiger partial charge in [0.1, 0.15) is 48.0 Å². The zero-order valence-corrected chi connectivity index (χ0v) is 25.6. The Hall–Kier alpha value is -5.20. The molecule has 4 rings (SSSR count). The Balaban J connectivity index is 0.000000240. The van der Waals surface area contributed by atoms with Crippen molar-refractivity contribution in [1.82, 2.24) is 19.8 Å². The highest BCUT2D eigenvalue weighted by molar-refractivity contribution is 5.83. The summed E-state index contributed by atoms with van der Waals surface area (Å²) >= 11 is 0. The van der Waals surface area contributed by atoms with E-state index in [-0.39, 0.29) is 24.7 Å². The molecule has 2 aliphatic heterocycles. The number of rotatable bonds is 6. The number of aromatic nitrogens is 2. The van der Waals surface area contributed by atoms with Crippen molar-refractivity contribution in [3.05, 3.63) is 47.0 Å². The highest BCUT2D eigenvalue weighted by Gasteiger charge is 2.37. The fourth-order valence-corrected chi connectivity index (χ4v) is 4.96. The third-order valence-corrected chi connectivity index (χ3v) is 8.23. The Morgan fingerprint density at radius 1 is 0.750 bits per heavy atom. The number of amides is 2. The van der Waals surface area contributed by atoms with Crippen LogP contribution in [-0.2, 0) is 22.7 Å². The van der Waals surface area contributed by atoms with Crippen LogP contribution in [0.4, 0.5) is 0 Å². The minimum atomic E-state index is -0.695. The van der Waals surface area contributed by atoms with Crippen LogP contribution in [0.5, 0.6) is 11.5 Å². The van der Waals surface area contributed by atoms with Gasteiger partial charge in [0.25, 0.3) is 0 Å². The highest BCUT2D eigenvalue weighted by Crippen LogP contribution is 2.33. The molecule has 0 aliphatic carbocycles. The molecular formula is C32H36N8O4. The summed E-state index contributed by atoms with van der Waals surface area (Å²) in [6.45, 7) is 9.64. The molecule has 0 saturated carbocycles. The maximum absolute atomic E-state index is 12.8. The fraction of sp³-hybridized carbons (Fsp3) is 0.500. The molecule has 0 saturated heterocycles. The molecule has 0 radical (unpaired) electrons. The van der Waals surface area contributed by atoms with E-state index in [4.69, 9.17) is 30.5 Å². The number of fused-ring (bicyclic) bond motifs is 2. The van der Waals surface area contributed by atoms with Gasteiger partial charge in [-0.2, -0.15) is 21.0 Å². The molecule has 0 N–H and O–H groups in total. The van der Waals surface area contributed by atoms with Crippen LogP contribution in [0.1, 0.15) is 75.6 Å². The van der Waals surface area contributed by atoms with Crippen LogP contribution in [-0.4, -0.2) is 57.9 Å². The van der Waals surface area contributed by atoms with E-state index in [9.17, 15) is 9.59 Å². The molecule has 0 fully saturated rings. The molecule has 0 spiro atoms. The second-order valence-electron chi connectivity index (χ2n) is 11.2. The van der Waals surface area contributed by atoms with Crippen molar-refractivity contribution in [1.29, 1.82) is 21.0 Å². The van der Waals surface area contributed by atoms with Crippen LogP contribution < -0.4 is 9.47 Å². The SMILES string of the molecule is CC[C@@](C)(CC#N)C(=O)N1CCOc2c(C#N)cncc2C1.CC[C@](C)(CC#N)C(=O)N1CCOc2c(C#N)cncc2C1. The average Bonchev–Trinajstić information content (AvgIpc) is 3.40. The maximum atomic E-state index is 12.8. The number of pyridine rings is 2. The Kier molecular flexibility index (Phi) is 11.2. The number of ether oxygens (including phenoxy) is 2. The molecule has 12 nitrogen and oxygen atoms in total. The van der Waals surface area contributed by atoms with Gasteiger partial charge < -0.3 is 19.3 Å². The van der Waals surface area contributed by atoms with E-state index in [2.05, 4.69) is 34.2 Å². The Morgan fingerprint density at radius 2 is 1.14 bits per heavy atom. The minimum Gasteiger partial charge on any atom is -0.490 e. The van der Waals surface area contributed by atoms with Crippen molar-refractivity contribution < 1.29 is 19.1 Å². The van der Waals surface area contributed by atoms with Gasteiger partial charge in [0.15, 0.2) is 0 Å². The lowest BCUT2D eigenvalue weighted by molar-refractivity contribution is -0.142. The average molecular weight is 597 g/mol. The van der Waals surface area contributed by atoms with Gasteiger partial charge in [0, 0.05) is 48.8 Å². The van der Waals surface area contributed by atoms with E-state index in [0.29, 0.717) is 74.9 Å². The summed E-state index contributed by atoms with van der Waals surface area (Å²) in [7, 11) is 0. The lowest BCUT2D eigenvalue weighted by Crippen LogP contribution is -2.42. The maximum Gasteiger partial charge on any atom is 0.229 e. The number of nitriles is 4. The highest BCUT2D eigenvalue weighted by atomic mass is 16.5. The second kappa shape index (κ2) is 14.8. The van der Waals surface area contributed by atoms with Gasteiger partial charge in [-0.3, -0.25) is 19.6 Å². The van der Waals surface area contributed by atoms with Crippen LogP contribution in [0.2, 0.25) is 0 Å². The van der Waals surface area contributed by atoms with Gasteiger partial charge in [-0.25, -0.2) is 0 Å². The molecule has 0 unspecified atom stereocenters. The number of hydrogen-bond donors (Lipinski definition) is 0. The molecule has 4 heterocycles. The first-order valence-electron chi connectivity index (χ1n) is 14.4. The molecule has 0 aromatic carbocycles. The van der Waals surface area contributed by atoms with Gasteiger partial charge in [0.05, 0.1) is 49.1 Å². The molecule has 2 aromatic heterocycles. The van der Waals surface area contributed by atoms with E-state index in [1.165, 1.54) is 12.4 Å². The van der Waals surface area contributed by atoms with Crippen LogP contribution in [0.15, 0.2) is 24.8 Å². The fourth-order valence-electron chi connectivity index (χ4n) is 4.96. The van der Waals surface area contributed by atoms with E-state index in [0.717, 1.165) is 11.1 Å². The topological polar surface area (TPSA) is 180 Å². The minimum absolute atomic E-state index is 0.0599. The second-order valence-corrected chi connectivity index (χ2v) is 11.2. The Labute approximate surface area is 258 Å². The van der Waals surface area contributed by atoms with Crippen molar-refractivity contribution >= 4 is 11.8 Å². The monoisotopic (exact) mass is 596 g/mol. The summed E-state index contributed by atoms with van der Waals surface area (Å²) in [5.41, 5.74) is 0.809. The molecular weight excluding hydrogens is 560 g/mol. The zero-order valence-electron chi connectivity index (χ0n) is 25.6. The third-order valence-electron chi connectivity index (χ3n) is 8.23. The molecule has 12 heteroatoms. The summed E-state index contributed by atoms with van der Waals surface area (Å²) in [4.78, 5) is 37.0. The van der Waals surface area contributed by atoms with E-state index < -0.39 is 10.8 Å². The van der Waals surface area contributed by atoms with Gasteiger partial charge in [0.2, 0.25) is 11.8 Å². The number of hydrogen-bond acceptors (Lipinski definition) is 10. The third kappa shape index (κ3) is 7.22. The largest absolute Gasteiger partial charge is 0.490 e. The predicted octanol–water partition coefficient (Wildman–Crippen LogP) is 4.01. The Morgan fingerprint density at radius 3 is 1.45 bits per heavy atom. The molecule has 0 bridgehead atoms. The first kappa shape index (κ1) is 33.3. The van der Waals surface area contributed by atoms with Crippen LogP contribution in [0.3, 0.4) is 0 Å².